The summed E-state index contributed by atoms with van der Waals surface area (Å²) in [5.41, 5.74) is 1.13. The highest BCUT2D eigenvalue weighted by atomic mass is 35.5. The van der Waals surface area contributed by atoms with Crippen LogP contribution in [0.3, 0.4) is 0 Å². The molecule has 0 bridgehead atoms. The molecule has 15 heavy (non-hydrogen) atoms. The lowest BCUT2D eigenvalue weighted by Crippen LogP contribution is -1.99. The predicted molar refractivity (Wildman–Crippen MR) is 66.7 cm³/mol. The molecule has 0 spiro atoms. The fourth-order valence-corrected chi connectivity index (χ4v) is 2.67. The second-order valence-electron chi connectivity index (χ2n) is 3.50. The van der Waals surface area contributed by atoms with E-state index in [0.717, 1.165) is 30.0 Å². The number of alkyl halides is 1. The minimum atomic E-state index is 0.520. The van der Waals surface area contributed by atoms with Gasteiger partial charge in [-0.3, -0.25) is 0 Å². The van der Waals surface area contributed by atoms with Gasteiger partial charge in [0.1, 0.15) is 6.33 Å². The lowest BCUT2D eigenvalue weighted by atomic mass is 10.2. The lowest BCUT2D eigenvalue weighted by molar-refractivity contribution is 0.850. The van der Waals surface area contributed by atoms with Crippen LogP contribution >= 0.6 is 23.4 Å². The highest BCUT2D eigenvalue weighted by Gasteiger charge is 2.05. The van der Waals surface area contributed by atoms with E-state index in [-0.39, 0.29) is 0 Å². The van der Waals surface area contributed by atoms with Gasteiger partial charge in [0.25, 0.3) is 0 Å². The van der Waals surface area contributed by atoms with E-state index in [2.05, 4.69) is 29.9 Å². The second kappa shape index (κ2) is 7.07. The van der Waals surface area contributed by atoms with Crippen molar-refractivity contribution in [1.82, 2.24) is 9.97 Å². The van der Waals surface area contributed by atoms with Crippen LogP contribution in [0.25, 0.3) is 0 Å². The first-order chi connectivity index (χ1) is 7.26. The van der Waals surface area contributed by atoms with E-state index < -0.39 is 0 Å². The van der Waals surface area contributed by atoms with Crippen LogP contribution in [0.15, 0.2) is 17.4 Å². The number of halogens is 1. The summed E-state index contributed by atoms with van der Waals surface area (Å²) in [6.07, 6.45) is 4.82. The Bertz CT molecular complexity index is 294. The molecule has 0 saturated carbocycles. The number of aromatic nitrogens is 2. The number of thioether (sulfide) groups is 1. The molecule has 0 aliphatic carbocycles. The van der Waals surface area contributed by atoms with E-state index in [1.807, 2.05) is 0 Å². The van der Waals surface area contributed by atoms with Gasteiger partial charge in [-0.15, -0.1) is 23.4 Å². The van der Waals surface area contributed by atoms with Crippen LogP contribution < -0.4 is 0 Å². The van der Waals surface area contributed by atoms with Gasteiger partial charge in [0.05, 0.1) is 5.03 Å². The largest absolute Gasteiger partial charge is 0.241 e. The molecule has 0 aliphatic heterocycles. The Balaban J connectivity index is 2.56. The number of hydrogen-bond acceptors (Lipinski definition) is 3. The number of hydrogen-bond donors (Lipinski definition) is 0. The van der Waals surface area contributed by atoms with Gasteiger partial charge in [-0.1, -0.05) is 20.3 Å². The van der Waals surface area contributed by atoms with Crippen LogP contribution in [0.5, 0.6) is 0 Å². The van der Waals surface area contributed by atoms with Crippen molar-refractivity contribution in [2.75, 3.05) is 5.88 Å². The van der Waals surface area contributed by atoms with Crippen molar-refractivity contribution in [3.05, 3.63) is 18.1 Å². The molecule has 1 aromatic heterocycles. The summed E-state index contributed by atoms with van der Waals surface area (Å²) in [5, 5.41) is 1.58. The summed E-state index contributed by atoms with van der Waals surface area (Å²) in [6.45, 7) is 4.33. The Morgan fingerprint density at radius 1 is 1.47 bits per heavy atom. The van der Waals surface area contributed by atoms with E-state index in [9.17, 15) is 0 Å². The molecule has 0 aromatic carbocycles. The van der Waals surface area contributed by atoms with E-state index in [4.69, 9.17) is 11.6 Å². The van der Waals surface area contributed by atoms with Crippen molar-refractivity contribution in [2.24, 2.45) is 0 Å². The highest BCUT2D eigenvalue weighted by molar-refractivity contribution is 7.99. The molecule has 0 aliphatic rings. The second-order valence-corrected chi connectivity index (χ2v) is 5.34. The molecule has 84 valence electrons. The molecule has 1 rings (SSSR count). The molecule has 1 unspecified atom stereocenters. The zero-order valence-corrected chi connectivity index (χ0v) is 10.8. The van der Waals surface area contributed by atoms with Crippen molar-refractivity contribution < 1.29 is 0 Å². The molecule has 4 heteroatoms. The molecule has 2 nitrogen and oxygen atoms in total. The van der Waals surface area contributed by atoms with E-state index in [1.54, 1.807) is 18.1 Å². The zero-order valence-electron chi connectivity index (χ0n) is 9.24. The Labute approximate surface area is 101 Å². The Hall–Kier alpha value is -0.280. The summed E-state index contributed by atoms with van der Waals surface area (Å²) in [7, 11) is 0. The normalized spacial score (nSPS) is 12.7. The minimum Gasteiger partial charge on any atom is -0.241 e. The Morgan fingerprint density at radius 3 is 2.93 bits per heavy atom. The van der Waals surface area contributed by atoms with Crippen LogP contribution in [0.4, 0.5) is 0 Å². The fraction of sp³-hybridized carbons (Fsp3) is 0.636. The van der Waals surface area contributed by atoms with Crippen molar-refractivity contribution in [3.63, 3.8) is 0 Å². The van der Waals surface area contributed by atoms with Crippen molar-refractivity contribution >= 4 is 23.4 Å². The molecular weight excluding hydrogens is 228 g/mol. The number of rotatable bonds is 6. The summed E-state index contributed by atoms with van der Waals surface area (Å²) in [5.74, 6) is 0.709. The van der Waals surface area contributed by atoms with Crippen LogP contribution in [0.2, 0.25) is 0 Å². The van der Waals surface area contributed by atoms with Gasteiger partial charge in [-0.2, -0.15) is 0 Å². The third-order valence-electron chi connectivity index (χ3n) is 2.04. The van der Waals surface area contributed by atoms with Gasteiger partial charge >= 0.3 is 0 Å². The number of aryl methyl sites for hydroxylation is 1. The van der Waals surface area contributed by atoms with Crippen LogP contribution in [-0.2, 0) is 6.42 Å². The third-order valence-corrected chi connectivity index (χ3v) is 3.36. The van der Waals surface area contributed by atoms with Crippen LogP contribution in [0.1, 0.15) is 32.4 Å². The summed E-state index contributed by atoms with van der Waals surface area (Å²) in [6, 6.07) is 2.08. The third kappa shape index (κ3) is 4.85. The molecular formula is C11H17ClN2S. The number of nitrogens with zero attached hydrogens (tertiary/aromatic N) is 2. The SMILES string of the molecule is CCCc1cc(SC(C)CCCl)ncn1. The van der Waals surface area contributed by atoms with Crippen molar-refractivity contribution in [1.29, 1.82) is 0 Å². The molecule has 1 heterocycles. The molecule has 0 fully saturated rings. The maximum absolute atomic E-state index is 5.70. The van der Waals surface area contributed by atoms with Gasteiger partial charge in [0, 0.05) is 16.8 Å². The highest BCUT2D eigenvalue weighted by Crippen LogP contribution is 2.23. The zero-order chi connectivity index (χ0) is 11.1. The fourth-order valence-electron chi connectivity index (χ4n) is 1.25. The average Bonchev–Trinajstić information content (AvgIpc) is 2.19. The maximum atomic E-state index is 5.70. The van der Waals surface area contributed by atoms with Crippen LogP contribution in [-0.4, -0.2) is 21.1 Å². The van der Waals surface area contributed by atoms with Crippen molar-refractivity contribution in [3.8, 4) is 0 Å². The quantitative estimate of drug-likeness (QED) is 0.435. The molecule has 0 amide bonds. The first-order valence-corrected chi connectivity index (χ1v) is 6.71. The van der Waals surface area contributed by atoms with Crippen LogP contribution in [0, 0.1) is 0 Å². The molecule has 0 N–H and O–H groups in total. The van der Waals surface area contributed by atoms with Gasteiger partial charge < -0.3 is 0 Å². The van der Waals surface area contributed by atoms with Gasteiger partial charge in [-0.05, 0) is 18.9 Å². The van der Waals surface area contributed by atoms with Gasteiger partial charge in [0.15, 0.2) is 0 Å². The molecule has 0 saturated heterocycles. The van der Waals surface area contributed by atoms with E-state index in [1.165, 1.54) is 0 Å². The minimum absolute atomic E-state index is 0.520. The summed E-state index contributed by atoms with van der Waals surface area (Å²) >= 11 is 7.47. The first-order valence-electron chi connectivity index (χ1n) is 5.29. The standard InChI is InChI=1S/C11H17ClN2S/c1-3-4-10-7-11(14-8-13-10)15-9(2)5-6-12/h7-9H,3-6H2,1-2H3. The van der Waals surface area contributed by atoms with Gasteiger partial charge in [0.2, 0.25) is 0 Å². The molecule has 1 aromatic rings. The smallest absolute Gasteiger partial charge is 0.116 e. The Kier molecular flexibility index (Phi) is 6.03. The topological polar surface area (TPSA) is 25.8 Å². The van der Waals surface area contributed by atoms with Gasteiger partial charge in [-0.25, -0.2) is 9.97 Å². The lowest BCUT2D eigenvalue weighted by Gasteiger charge is -2.08. The van der Waals surface area contributed by atoms with Crippen molar-refractivity contribution in [2.45, 2.75) is 43.4 Å². The maximum Gasteiger partial charge on any atom is 0.116 e. The average molecular weight is 245 g/mol. The first kappa shape index (κ1) is 12.8. The van der Waals surface area contributed by atoms with E-state index >= 15 is 0 Å². The monoisotopic (exact) mass is 244 g/mol. The van der Waals surface area contributed by atoms with E-state index in [0.29, 0.717) is 11.1 Å². The predicted octanol–water partition coefficient (Wildman–Crippen LogP) is 3.54. The molecule has 1 atom stereocenters. The summed E-state index contributed by atoms with van der Waals surface area (Å²) in [4.78, 5) is 8.48. The summed E-state index contributed by atoms with van der Waals surface area (Å²) < 4.78 is 0. The molecule has 0 radical (unpaired) electrons. The Morgan fingerprint density at radius 2 is 2.27 bits per heavy atom.